The summed E-state index contributed by atoms with van der Waals surface area (Å²) in [6.45, 7) is 0.558. The second-order valence-corrected chi connectivity index (χ2v) is 6.20. The van der Waals surface area contributed by atoms with Crippen LogP contribution in [0.1, 0.15) is 16.1 Å². The number of aromatic nitrogens is 2. The summed E-state index contributed by atoms with van der Waals surface area (Å²) in [5, 5.41) is 6.18. The lowest BCUT2D eigenvalue weighted by Crippen LogP contribution is -2.25. The number of nitrogens with one attached hydrogen (secondary N) is 1. The van der Waals surface area contributed by atoms with E-state index in [1.165, 1.54) is 11.3 Å². The number of rotatable bonds is 5. The van der Waals surface area contributed by atoms with Gasteiger partial charge >= 0.3 is 0 Å². The van der Waals surface area contributed by atoms with Gasteiger partial charge in [-0.05, 0) is 36.2 Å². The molecular formula is C17H14ClN3OS. The van der Waals surface area contributed by atoms with E-state index in [9.17, 15) is 4.79 Å². The molecule has 0 fully saturated rings. The van der Waals surface area contributed by atoms with Crippen molar-refractivity contribution in [2.45, 2.75) is 6.42 Å². The van der Waals surface area contributed by atoms with Crippen LogP contribution in [0, 0.1) is 0 Å². The van der Waals surface area contributed by atoms with Gasteiger partial charge < -0.3 is 5.32 Å². The minimum Gasteiger partial charge on any atom is -0.350 e. The zero-order chi connectivity index (χ0) is 16.1. The van der Waals surface area contributed by atoms with Crippen molar-refractivity contribution in [3.05, 3.63) is 70.5 Å². The molecule has 23 heavy (non-hydrogen) atoms. The predicted molar refractivity (Wildman–Crippen MR) is 92.8 cm³/mol. The van der Waals surface area contributed by atoms with E-state index >= 15 is 0 Å². The first kappa shape index (κ1) is 15.6. The van der Waals surface area contributed by atoms with Crippen molar-refractivity contribution in [1.82, 2.24) is 15.3 Å². The van der Waals surface area contributed by atoms with E-state index in [2.05, 4.69) is 15.3 Å². The SMILES string of the molecule is O=C(NCCc1ccc(Cl)cc1)c1csc(-c2ccncc2)n1. The molecular weight excluding hydrogens is 330 g/mol. The summed E-state index contributed by atoms with van der Waals surface area (Å²) >= 11 is 7.30. The molecule has 0 atom stereocenters. The van der Waals surface area contributed by atoms with Crippen LogP contribution in [-0.4, -0.2) is 22.4 Å². The highest BCUT2D eigenvalue weighted by molar-refractivity contribution is 7.13. The van der Waals surface area contributed by atoms with Crippen LogP contribution in [0.25, 0.3) is 10.6 Å². The fourth-order valence-electron chi connectivity index (χ4n) is 2.07. The standard InChI is InChI=1S/C17H14ClN3OS/c18-14-3-1-12(2-4-14)5-10-20-16(22)15-11-23-17(21-15)13-6-8-19-9-7-13/h1-4,6-9,11H,5,10H2,(H,20,22). The topological polar surface area (TPSA) is 54.9 Å². The average Bonchev–Trinajstić information content (AvgIpc) is 3.07. The number of pyridine rings is 1. The van der Waals surface area contributed by atoms with Crippen molar-refractivity contribution in [2.75, 3.05) is 6.54 Å². The van der Waals surface area contributed by atoms with Crippen molar-refractivity contribution in [2.24, 2.45) is 0 Å². The molecule has 1 N–H and O–H groups in total. The van der Waals surface area contributed by atoms with Gasteiger partial charge in [-0.1, -0.05) is 23.7 Å². The van der Waals surface area contributed by atoms with Gasteiger partial charge in [0, 0.05) is 34.9 Å². The van der Waals surface area contributed by atoms with Crippen LogP contribution in [0.3, 0.4) is 0 Å². The van der Waals surface area contributed by atoms with Gasteiger partial charge in [0.1, 0.15) is 10.7 Å². The summed E-state index contributed by atoms with van der Waals surface area (Å²) in [4.78, 5) is 20.5. The summed E-state index contributed by atoms with van der Waals surface area (Å²) in [5.74, 6) is -0.157. The smallest absolute Gasteiger partial charge is 0.270 e. The second-order valence-electron chi connectivity index (χ2n) is 4.91. The number of carbonyl (C=O) groups is 1. The number of carbonyl (C=O) groups excluding carboxylic acids is 1. The quantitative estimate of drug-likeness (QED) is 0.766. The first-order valence-electron chi connectivity index (χ1n) is 7.11. The molecule has 1 aromatic carbocycles. The molecule has 0 unspecified atom stereocenters. The van der Waals surface area contributed by atoms with Gasteiger partial charge in [-0.3, -0.25) is 9.78 Å². The molecule has 3 rings (SSSR count). The summed E-state index contributed by atoms with van der Waals surface area (Å²) in [7, 11) is 0. The number of benzene rings is 1. The molecule has 0 aliphatic rings. The van der Waals surface area contributed by atoms with Crippen LogP contribution < -0.4 is 5.32 Å². The van der Waals surface area contributed by atoms with E-state index in [0.29, 0.717) is 17.3 Å². The highest BCUT2D eigenvalue weighted by atomic mass is 35.5. The van der Waals surface area contributed by atoms with Crippen molar-refractivity contribution in [3.8, 4) is 10.6 Å². The first-order valence-corrected chi connectivity index (χ1v) is 8.37. The van der Waals surface area contributed by atoms with E-state index in [-0.39, 0.29) is 5.91 Å². The summed E-state index contributed by atoms with van der Waals surface area (Å²) in [5.41, 5.74) is 2.54. The summed E-state index contributed by atoms with van der Waals surface area (Å²) < 4.78 is 0. The molecule has 1 amide bonds. The third-order valence-corrected chi connectivity index (χ3v) is 4.42. The van der Waals surface area contributed by atoms with Gasteiger partial charge in [-0.15, -0.1) is 11.3 Å². The second kappa shape index (κ2) is 7.35. The van der Waals surface area contributed by atoms with Crippen LogP contribution in [0.2, 0.25) is 5.02 Å². The van der Waals surface area contributed by atoms with Crippen molar-refractivity contribution >= 4 is 28.8 Å². The Morgan fingerprint density at radius 2 is 1.87 bits per heavy atom. The fourth-order valence-corrected chi connectivity index (χ4v) is 3.00. The maximum Gasteiger partial charge on any atom is 0.270 e. The normalized spacial score (nSPS) is 10.5. The number of thiazole rings is 1. The van der Waals surface area contributed by atoms with Crippen LogP contribution in [-0.2, 0) is 6.42 Å². The Morgan fingerprint density at radius 1 is 1.13 bits per heavy atom. The third-order valence-electron chi connectivity index (χ3n) is 3.28. The van der Waals surface area contributed by atoms with Gasteiger partial charge in [0.15, 0.2) is 0 Å². The Bertz CT molecular complexity index is 787. The van der Waals surface area contributed by atoms with Gasteiger partial charge in [-0.2, -0.15) is 0 Å². The third kappa shape index (κ3) is 4.15. The minimum absolute atomic E-state index is 0.157. The lowest BCUT2D eigenvalue weighted by atomic mass is 10.1. The number of halogens is 1. The maximum atomic E-state index is 12.1. The number of nitrogens with zero attached hydrogens (tertiary/aromatic N) is 2. The maximum absolute atomic E-state index is 12.1. The molecule has 4 nitrogen and oxygen atoms in total. The molecule has 2 aromatic heterocycles. The largest absolute Gasteiger partial charge is 0.350 e. The number of hydrogen-bond donors (Lipinski definition) is 1. The van der Waals surface area contributed by atoms with E-state index in [0.717, 1.165) is 22.6 Å². The zero-order valence-electron chi connectivity index (χ0n) is 12.2. The monoisotopic (exact) mass is 343 g/mol. The Labute approximate surface area is 143 Å². The van der Waals surface area contributed by atoms with Crippen LogP contribution in [0.5, 0.6) is 0 Å². The number of hydrogen-bond acceptors (Lipinski definition) is 4. The molecule has 0 saturated carbocycles. The Kier molecular flexibility index (Phi) is 5.00. The molecule has 6 heteroatoms. The highest BCUT2D eigenvalue weighted by Gasteiger charge is 2.11. The van der Waals surface area contributed by atoms with Crippen molar-refractivity contribution in [1.29, 1.82) is 0 Å². The lowest BCUT2D eigenvalue weighted by Gasteiger charge is -2.03. The van der Waals surface area contributed by atoms with Crippen molar-refractivity contribution in [3.63, 3.8) is 0 Å². The molecule has 116 valence electrons. The molecule has 0 spiro atoms. The zero-order valence-corrected chi connectivity index (χ0v) is 13.8. The average molecular weight is 344 g/mol. The van der Waals surface area contributed by atoms with Crippen LogP contribution >= 0.6 is 22.9 Å². The molecule has 0 saturated heterocycles. The number of amides is 1. The molecule has 0 radical (unpaired) electrons. The molecule has 2 heterocycles. The Hall–Kier alpha value is -2.24. The molecule has 0 aliphatic carbocycles. The van der Waals surface area contributed by atoms with Crippen molar-refractivity contribution < 1.29 is 4.79 Å². The van der Waals surface area contributed by atoms with E-state index in [4.69, 9.17) is 11.6 Å². The van der Waals surface area contributed by atoms with Crippen LogP contribution in [0.15, 0.2) is 54.2 Å². The van der Waals surface area contributed by atoms with Gasteiger partial charge in [0.05, 0.1) is 0 Å². The molecule has 0 bridgehead atoms. The molecule has 3 aromatic rings. The van der Waals surface area contributed by atoms with E-state index in [1.54, 1.807) is 17.8 Å². The van der Waals surface area contributed by atoms with Crippen LogP contribution in [0.4, 0.5) is 0 Å². The highest BCUT2D eigenvalue weighted by Crippen LogP contribution is 2.22. The minimum atomic E-state index is -0.157. The Balaban J connectivity index is 1.56. The van der Waals surface area contributed by atoms with Gasteiger partial charge in [-0.25, -0.2) is 4.98 Å². The van der Waals surface area contributed by atoms with E-state index in [1.807, 2.05) is 36.4 Å². The summed E-state index contributed by atoms with van der Waals surface area (Å²) in [6, 6.07) is 11.4. The fraction of sp³-hybridized carbons (Fsp3) is 0.118. The van der Waals surface area contributed by atoms with E-state index < -0.39 is 0 Å². The first-order chi connectivity index (χ1) is 11.2. The Morgan fingerprint density at radius 3 is 2.61 bits per heavy atom. The molecule has 0 aliphatic heterocycles. The summed E-state index contributed by atoms with van der Waals surface area (Å²) in [6.07, 6.45) is 4.18. The predicted octanol–water partition coefficient (Wildman–Crippen LogP) is 3.83. The van der Waals surface area contributed by atoms with Gasteiger partial charge in [0.25, 0.3) is 5.91 Å². The lowest BCUT2D eigenvalue weighted by molar-refractivity contribution is 0.0950. The van der Waals surface area contributed by atoms with Gasteiger partial charge in [0.2, 0.25) is 0 Å².